The van der Waals surface area contributed by atoms with E-state index in [1.165, 1.54) is 0 Å². The van der Waals surface area contributed by atoms with Crippen LogP contribution >= 0.6 is 11.6 Å². The minimum absolute atomic E-state index is 0.392. The Balaban J connectivity index is 3.05. The van der Waals surface area contributed by atoms with Crippen molar-refractivity contribution in [2.45, 2.75) is 6.92 Å². The fourth-order valence-electron chi connectivity index (χ4n) is 1.26. The molecular formula is C11H12ClN3. The van der Waals surface area contributed by atoms with Crippen molar-refractivity contribution in [3.63, 3.8) is 0 Å². The van der Waals surface area contributed by atoms with E-state index in [4.69, 9.17) is 16.9 Å². The Labute approximate surface area is 94.6 Å². The standard InChI is InChI=1S/C11H12ClN3/c1-8(2)7-15(3)11-10(12)9(6-13)4-5-14-11/h4-5H,1,7H2,2-3H3. The van der Waals surface area contributed by atoms with Crippen molar-refractivity contribution in [1.82, 2.24) is 4.98 Å². The Bertz CT molecular complexity index is 420. The third-order valence-electron chi connectivity index (χ3n) is 1.86. The molecule has 15 heavy (non-hydrogen) atoms. The average Bonchev–Trinajstić information content (AvgIpc) is 2.17. The molecule has 1 aromatic heterocycles. The highest BCUT2D eigenvalue weighted by Crippen LogP contribution is 2.25. The molecule has 78 valence electrons. The van der Waals surface area contributed by atoms with Gasteiger partial charge in [0.05, 0.1) is 5.56 Å². The molecule has 0 N–H and O–H groups in total. The van der Waals surface area contributed by atoms with Gasteiger partial charge in [0.15, 0.2) is 0 Å². The Morgan fingerprint density at radius 2 is 2.40 bits per heavy atom. The van der Waals surface area contributed by atoms with E-state index in [9.17, 15) is 0 Å². The fourth-order valence-corrected chi connectivity index (χ4v) is 1.56. The van der Waals surface area contributed by atoms with E-state index in [-0.39, 0.29) is 0 Å². The number of anilines is 1. The third-order valence-corrected chi connectivity index (χ3v) is 2.23. The molecule has 0 unspecified atom stereocenters. The van der Waals surface area contributed by atoms with Crippen molar-refractivity contribution in [3.05, 3.63) is 35.0 Å². The highest BCUT2D eigenvalue weighted by molar-refractivity contribution is 6.34. The lowest BCUT2D eigenvalue weighted by atomic mass is 10.2. The lowest BCUT2D eigenvalue weighted by Gasteiger charge is -2.19. The largest absolute Gasteiger partial charge is 0.354 e. The number of hydrogen-bond acceptors (Lipinski definition) is 3. The summed E-state index contributed by atoms with van der Waals surface area (Å²) >= 11 is 6.03. The first-order chi connectivity index (χ1) is 7.06. The van der Waals surface area contributed by atoms with Crippen LogP contribution in [0.25, 0.3) is 0 Å². The van der Waals surface area contributed by atoms with Crippen molar-refractivity contribution in [1.29, 1.82) is 5.26 Å². The molecule has 0 aromatic carbocycles. The SMILES string of the molecule is C=C(C)CN(C)c1nccc(C#N)c1Cl. The van der Waals surface area contributed by atoms with Crippen LogP contribution in [0.2, 0.25) is 5.02 Å². The second-order valence-corrected chi connectivity index (χ2v) is 3.80. The fraction of sp³-hybridized carbons (Fsp3) is 0.273. The van der Waals surface area contributed by atoms with Gasteiger partial charge in [-0.25, -0.2) is 4.98 Å². The molecule has 0 bridgehead atoms. The van der Waals surface area contributed by atoms with Gasteiger partial charge in [-0.2, -0.15) is 5.26 Å². The number of rotatable bonds is 3. The number of aromatic nitrogens is 1. The lowest BCUT2D eigenvalue weighted by molar-refractivity contribution is 0.954. The molecule has 3 nitrogen and oxygen atoms in total. The van der Waals surface area contributed by atoms with Gasteiger partial charge < -0.3 is 4.90 Å². The van der Waals surface area contributed by atoms with Crippen molar-refractivity contribution in [2.24, 2.45) is 0 Å². The van der Waals surface area contributed by atoms with Gasteiger partial charge in [0, 0.05) is 19.8 Å². The van der Waals surface area contributed by atoms with Gasteiger partial charge in [-0.1, -0.05) is 23.8 Å². The molecule has 0 radical (unpaired) electrons. The number of halogens is 1. The molecule has 0 aliphatic carbocycles. The number of likely N-dealkylation sites (N-methyl/N-ethyl adjacent to an activating group) is 1. The molecule has 0 saturated heterocycles. The number of hydrogen-bond donors (Lipinski definition) is 0. The Kier molecular flexibility index (Phi) is 3.70. The van der Waals surface area contributed by atoms with Gasteiger partial charge >= 0.3 is 0 Å². The second-order valence-electron chi connectivity index (χ2n) is 3.42. The summed E-state index contributed by atoms with van der Waals surface area (Å²) in [6, 6.07) is 3.62. The summed E-state index contributed by atoms with van der Waals surface area (Å²) in [6.45, 7) is 6.41. The molecule has 0 amide bonds. The van der Waals surface area contributed by atoms with Crippen molar-refractivity contribution in [3.8, 4) is 6.07 Å². The van der Waals surface area contributed by atoms with Gasteiger partial charge in [-0.3, -0.25) is 0 Å². The highest BCUT2D eigenvalue weighted by Gasteiger charge is 2.10. The first-order valence-electron chi connectivity index (χ1n) is 4.46. The molecule has 0 atom stereocenters. The van der Waals surface area contributed by atoms with E-state index in [0.717, 1.165) is 5.57 Å². The monoisotopic (exact) mass is 221 g/mol. The minimum Gasteiger partial charge on any atom is -0.354 e. The molecule has 0 saturated carbocycles. The molecule has 1 aromatic rings. The molecule has 1 rings (SSSR count). The van der Waals surface area contributed by atoms with E-state index in [1.54, 1.807) is 12.3 Å². The summed E-state index contributed by atoms with van der Waals surface area (Å²) in [4.78, 5) is 6.01. The quantitative estimate of drug-likeness (QED) is 0.737. The number of pyridine rings is 1. The second kappa shape index (κ2) is 4.81. The van der Waals surface area contributed by atoms with E-state index >= 15 is 0 Å². The van der Waals surface area contributed by atoms with Gasteiger partial charge in [-0.15, -0.1) is 0 Å². The van der Waals surface area contributed by atoms with Crippen LogP contribution in [0.3, 0.4) is 0 Å². The van der Waals surface area contributed by atoms with E-state index < -0.39 is 0 Å². The van der Waals surface area contributed by atoms with Crippen LogP contribution in [0, 0.1) is 11.3 Å². The molecule has 0 aliphatic heterocycles. The topological polar surface area (TPSA) is 39.9 Å². The maximum absolute atomic E-state index is 8.81. The summed E-state index contributed by atoms with van der Waals surface area (Å²) in [5.74, 6) is 0.610. The molecule has 0 aliphatic rings. The first-order valence-corrected chi connectivity index (χ1v) is 4.84. The number of nitrogens with zero attached hydrogens (tertiary/aromatic N) is 3. The summed E-state index contributed by atoms with van der Waals surface area (Å²) < 4.78 is 0. The van der Waals surface area contributed by atoms with E-state index in [1.807, 2.05) is 24.9 Å². The maximum atomic E-state index is 8.81. The van der Waals surface area contributed by atoms with Crippen LogP contribution < -0.4 is 4.90 Å². The van der Waals surface area contributed by atoms with Crippen LogP contribution in [0.5, 0.6) is 0 Å². The van der Waals surface area contributed by atoms with Gasteiger partial charge in [0.1, 0.15) is 16.9 Å². The summed E-state index contributed by atoms with van der Waals surface area (Å²) in [7, 11) is 1.87. The predicted octanol–water partition coefficient (Wildman–Crippen LogP) is 2.62. The molecule has 1 heterocycles. The van der Waals surface area contributed by atoms with E-state index in [2.05, 4.69) is 11.6 Å². The molecular weight excluding hydrogens is 210 g/mol. The number of nitriles is 1. The molecule has 4 heteroatoms. The van der Waals surface area contributed by atoms with Crippen LogP contribution in [-0.2, 0) is 0 Å². The van der Waals surface area contributed by atoms with Crippen LogP contribution in [0.15, 0.2) is 24.4 Å². The Hall–Kier alpha value is -1.53. The Morgan fingerprint density at radius 3 is 2.93 bits per heavy atom. The summed E-state index contributed by atoms with van der Waals surface area (Å²) in [6.07, 6.45) is 1.58. The van der Waals surface area contributed by atoms with E-state index in [0.29, 0.717) is 22.9 Å². The summed E-state index contributed by atoms with van der Waals surface area (Å²) in [5, 5.41) is 9.20. The minimum atomic E-state index is 0.392. The Morgan fingerprint density at radius 1 is 1.73 bits per heavy atom. The summed E-state index contributed by atoms with van der Waals surface area (Å²) in [5.41, 5.74) is 1.45. The lowest BCUT2D eigenvalue weighted by Crippen LogP contribution is -2.20. The van der Waals surface area contributed by atoms with Crippen LogP contribution in [-0.4, -0.2) is 18.6 Å². The zero-order valence-corrected chi connectivity index (χ0v) is 9.54. The van der Waals surface area contributed by atoms with Crippen molar-refractivity contribution >= 4 is 17.4 Å². The average molecular weight is 222 g/mol. The predicted molar refractivity (Wildman–Crippen MR) is 62.0 cm³/mol. The normalized spacial score (nSPS) is 9.47. The third kappa shape index (κ3) is 2.71. The first kappa shape index (κ1) is 11.5. The smallest absolute Gasteiger partial charge is 0.148 e. The van der Waals surface area contributed by atoms with Crippen LogP contribution in [0.4, 0.5) is 5.82 Å². The highest BCUT2D eigenvalue weighted by atomic mass is 35.5. The zero-order valence-electron chi connectivity index (χ0n) is 8.79. The van der Waals surface area contributed by atoms with Crippen molar-refractivity contribution < 1.29 is 0 Å². The van der Waals surface area contributed by atoms with Gasteiger partial charge in [0.25, 0.3) is 0 Å². The molecule has 0 spiro atoms. The molecule has 0 fully saturated rings. The van der Waals surface area contributed by atoms with Gasteiger partial charge in [-0.05, 0) is 13.0 Å². The van der Waals surface area contributed by atoms with Gasteiger partial charge in [0.2, 0.25) is 0 Å². The zero-order chi connectivity index (χ0) is 11.4. The maximum Gasteiger partial charge on any atom is 0.148 e. The van der Waals surface area contributed by atoms with Crippen LogP contribution in [0.1, 0.15) is 12.5 Å². The van der Waals surface area contributed by atoms with Crippen molar-refractivity contribution in [2.75, 3.05) is 18.5 Å².